The van der Waals surface area contributed by atoms with Crippen molar-refractivity contribution in [2.75, 3.05) is 0 Å². The van der Waals surface area contributed by atoms with Gasteiger partial charge in [-0.2, -0.15) is 0 Å². The van der Waals surface area contributed by atoms with E-state index < -0.39 is 11.4 Å². The van der Waals surface area contributed by atoms with E-state index >= 15 is 0 Å². The quantitative estimate of drug-likeness (QED) is 0.874. The summed E-state index contributed by atoms with van der Waals surface area (Å²) in [6.45, 7) is 0.443. The monoisotopic (exact) mass is 308 g/mol. The van der Waals surface area contributed by atoms with Crippen LogP contribution in [0, 0.1) is 5.41 Å². The number of benzene rings is 1. The third-order valence-corrected chi connectivity index (χ3v) is 3.80. The highest BCUT2D eigenvalue weighted by atomic mass is 35.5. The van der Waals surface area contributed by atoms with Crippen molar-refractivity contribution in [3.63, 3.8) is 0 Å². The molecule has 8 heteroatoms. The molecule has 0 aliphatic heterocycles. The largest absolute Gasteiger partial charge is 0.486 e. The van der Waals surface area contributed by atoms with Crippen molar-refractivity contribution >= 4 is 17.6 Å². The Morgan fingerprint density at radius 3 is 2.71 bits per heavy atom. The van der Waals surface area contributed by atoms with Crippen LogP contribution in [0.25, 0.3) is 0 Å². The molecule has 1 heterocycles. The summed E-state index contributed by atoms with van der Waals surface area (Å²) in [6.07, 6.45) is 1.30. The van der Waals surface area contributed by atoms with Crippen LogP contribution in [0.3, 0.4) is 0 Å². The second-order valence-electron chi connectivity index (χ2n) is 5.08. The molecule has 1 aromatic carbocycles. The number of aliphatic carboxylic acids is 1. The fraction of sp³-hybridized carbons (Fsp3) is 0.385. The highest BCUT2D eigenvalue weighted by Crippen LogP contribution is 2.47. The van der Waals surface area contributed by atoms with Gasteiger partial charge in [-0.3, -0.25) is 4.79 Å². The molecule has 1 aliphatic rings. The molecule has 0 unspecified atom stereocenters. The van der Waals surface area contributed by atoms with Crippen molar-refractivity contribution in [1.82, 2.24) is 20.2 Å². The molecule has 1 N–H and O–H groups in total. The summed E-state index contributed by atoms with van der Waals surface area (Å²) in [7, 11) is 0. The molecule has 0 amide bonds. The van der Waals surface area contributed by atoms with Crippen LogP contribution in [0.15, 0.2) is 24.3 Å². The molecular formula is C13H13ClN4O3. The third-order valence-electron chi connectivity index (χ3n) is 3.55. The Balaban J connectivity index is 1.66. The zero-order chi connectivity index (χ0) is 14.9. The minimum Gasteiger partial charge on any atom is -0.486 e. The summed E-state index contributed by atoms with van der Waals surface area (Å²) in [6, 6.07) is 6.94. The maximum Gasteiger partial charge on any atom is 0.311 e. The lowest BCUT2D eigenvalue weighted by atomic mass is 10.1. The zero-order valence-electron chi connectivity index (χ0n) is 11.1. The van der Waals surface area contributed by atoms with Gasteiger partial charge in [-0.1, -0.05) is 11.6 Å². The van der Waals surface area contributed by atoms with Crippen LogP contribution in [0.5, 0.6) is 5.75 Å². The van der Waals surface area contributed by atoms with Gasteiger partial charge in [0.25, 0.3) is 0 Å². The normalized spacial score (nSPS) is 15.7. The van der Waals surface area contributed by atoms with Gasteiger partial charge in [0.15, 0.2) is 5.82 Å². The molecule has 7 nitrogen and oxygen atoms in total. The summed E-state index contributed by atoms with van der Waals surface area (Å²) >= 11 is 5.80. The van der Waals surface area contributed by atoms with Crippen molar-refractivity contribution in [3.05, 3.63) is 35.1 Å². The molecule has 1 aliphatic carbocycles. The van der Waals surface area contributed by atoms with Gasteiger partial charge in [0, 0.05) is 5.02 Å². The van der Waals surface area contributed by atoms with E-state index in [0.29, 0.717) is 29.4 Å². The van der Waals surface area contributed by atoms with E-state index in [1.807, 2.05) is 0 Å². The van der Waals surface area contributed by atoms with E-state index in [2.05, 4.69) is 15.5 Å². The van der Waals surface area contributed by atoms with Crippen molar-refractivity contribution in [2.24, 2.45) is 5.41 Å². The average Bonchev–Trinajstić information content (AvgIpc) is 3.12. The number of rotatable bonds is 6. The number of ether oxygens (including phenoxy) is 1. The molecule has 3 rings (SSSR count). The third kappa shape index (κ3) is 2.97. The molecule has 0 bridgehead atoms. The molecule has 0 spiro atoms. The first-order chi connectivity index (χ1) is 10.1. The van der Waals surface area contributed by atoms with Crippen LogP contribution in [0.4, 0.5) is 0 Å². The molecule has 0 atom stereocenters. The number of tetrazole rings is 1. The molecule has 110 valence electrons. The lowest BCUT2D eigenvalue weighted by molar-refractivity contribution is -0.144. The molecule has 0 radical (unpaired) electrons. The Labute approximate surface area is 125 Å². The lowest BCUT2D eigenvalue weighted by Gasteiger charge is -2.11. The number of halogens is 1. The van der Waals surface area contributed by atoms with Gasteiger partial charge in [-0.05, 0) is 47.5 Å². The molecule has 2 aromatic rings. The first-order valence-electron chi connectivity index (χ1n) is 6.46. The smallest absolute Gasteiger partial charge is 0.311 e. The Morgan fingerprint density at radius 2 is 2.10 bits per heavy atom. The number of aromatic nitrogens is 4. The molecule has 21 heavy (non-hydrogen) atoms. The van der Waals surface area contributed by atoms with Crippen LogP contribution in [-0.2, 0) is 17.9 Å². The fourth-order valence-electron chi connectivity index (χ4n) is 2.01. The summed E-state index contributed by atoms with van der Waals surface area (Å²) in [5.41, 5.74) is -0.718. The predicted octanol–water partition coefficient (Wildman–Crippen LogP) is 1.77. The number of carboxylic acids is 1. The lowest BCUT2D eigenvalue weighted by Crippen LogP contribution is -2.23. The molecule has 1 aromatic heterocycles. The van der Waals surface area contributed by atoms with Gasteiger partial charge in [0.2, 0.25) is 0 Å². The highest BCUT2D eigenvalue weighted by molar-refractivity contribution is 6.30. The van der Waals surface area contributed by atoms with Crippen LogP contribution >= 0.6 is 11.6 Å². The van der Waals surface area contributed by atoms with Crippen molar-refractivity contribution in [1.29, 1.82) is 0 Å². The minimum absolute atomic E-state index is 0.171. The number of hydrogen-bond donors (Lipinski definition) is 1. The summed E-state index contributed by atoms with van der Waals surface area (Å²) in [5, 5.41) is 21.1. The number of nitrogens with zero attached hydrogens (tertiary/aromatic N) is 4. The van der Waals surface area contributed by atoms with Crippen LogP contribution in [0.1, 0.15) is 18.7 Å². The standard InChI is InChI=1S/C13H13ClN4O3/c14-9-1-3-10(4-2-9)21-7-11-15-16-17-18(11)8-13(5-6-13)12(19)20/h1-4H,5-8H2,(H,19,20). The number of carbonyl (C=O) groups is 1. The van der Waals surface area contributed by atoms with Crippen molar-refractivity contribution < 1.29 is 14.6 Å². The van der Waals surface area contributed by atoms with Crippen LogP contribution < -0.4 is 4.74 Å². The molecule has 0 saturated heterocycles. The van der Waals surface area contributed by atoms with Gasteiger partial charge < -0.3 is 9.84 Å². The maximum atomic E-state index is 11.2. The van der Waals surface area contributed by atoms with Gasteiger partial charge in [-0.25, -0.2) is 4.68 Å². The Kier molecular flexibility index (Phi) is 3.50. The number of hydrogen-bond acceptors (Lipinski definition) is 5. The topological polar surface area (TPSA) is 90.1 Å². The first-order valence-corrected chi connectivity index (χ1v) is 6.84. The van der Waals surface area contributed by atoms with Crippen LogP contribution in [0.2, 0.25) is 5.02 Å². The molecular weight excluding hydrogens is 296 g/mol. The van der Waals surface area contributed by atoms with E-state index in [-0.39, 0.29) is 13.2 Å². The molecule has 1 saturated carbocycles. The van der Waals surface area contributed by atoms with Crippen LogP contribution in [-0.4, -0.2) is 31.3 Å². The average molecular weight is 309 g/mol. The zero-order valence-corrected chi connectivity index (χ0v) is 11.8. The predicted molar refractivity (Wildman–Crippen MR) is 72.9 cm³/mol. The van der Waals surface area contributed by atoms with Crippen molar-refractivity contribution in [2.45, 2.75) is 26.0 Å². The SMILES string of the molecule is O=C(O)C1(Cn2nnnc2COc2ccc(Cl)cc2)CC1. The Bertz CT molecular complexity index is 652. The second kappa shape index (κ2) is 5.33. The van der Waals surface area contributed by atoms with E-state index in [0.717, 1.165) is 0 Å². The summed E-state index contributed by atoms with van der Waals surface area (Å²) < 4.78 is 7.07. The van der Waals surface area contributed by atoms with E-state index in [1.54, 1.807) is 24.3 Å². The Hall–Kier alpha value is -2.15. The number of carboxylic acid groups (broad SMARTS) is 1. The summed E-state index contributed by atoms with van der Waals surface area (Å²) in [4.78, 5) is 11.2. The van der Waals surface area contributed by atoms with Gasteiger partial charge in [-0.15, -0.1) is 5.10 Å². The van der Waals surface area contributed by atoms with Gasteiger partial charge in [0.1, 0.15) is 12.4 Å². The van der Waals surface area contributed by atoms with Gasteiger partial charge >= 0.3 is 5.97 Å². The fourth-order valence-corrected chi connectivity index (χ4v) is 2.13. The first kappa shape index (κ1) is 13.8. The highest BCUT2D eigenvalue weighted by Gasteiger charge is 2.51. The van der Waals surface area contributed by atoms with E-state index in [1.165, 1.54) is 4.68 Å². The van der Waals surface area contributed by atoms with E-state index in [4.69, 9.17) is 16.3 Å². The van der Waals surface area contributed by atoms with E-state index in [9.17, 15) is 9.90 Å². The Morgan fingerprint density at radius 1 is 1.38 bits per heavy atom. The maximum absolute atomic E-state index is 11.2. The van der Waals surface area contributed by atoms with Crippen molar-refractivity contribution in [3.8, 4) is 5.75 Å². The second-order valence-corrected chi connectivity index (χ2v) is 5.52. The minimum atomic E-state index is -0.803. The molecule has 1 fully saturated rings. The summed E-state index contributed by atoms with van der Waals surface area (Å²) in [5.74, 6) is 0.341. The van der Waals surface area contributed by atoms with Gasteiger partial charge in [0.05, 0.1) is 12.0 Å².